The Balaban J connectivity index is 2.10. The number of urea groups is 1. The second-order valence-corrected chi connectivity index (χ2v) is 5.83. The van der Waals surface area contributed by atoms with Gasteiger partial charge in [0.2, 0.25) is 17.7 Å². The smallest absolute Gasteiger partial charge is 0.331 e. The van der Waals surface area contributed by atoms with E-state index < -0.39 is 35.2 Å². The van der Waals surface area contributed by atoms with Gasteiger partial charge in [0.15, 0.2) is 0 Å². The summed E-state index contributed by atoms with van der Waals surface area (Å²) in [6.07, 6.45) is 0.865. The molecule has 2 fully saturated rings. The van der Waals surface area contributed by atoms with Crippen molar-refractivity contribution < 1.29 is 19.2 Å². The van der Waals surface area contributed by atoms with E-state index in [9.17, 15) is 19.2 Å². The fraction of sp³-hybridized carbons (Fsp3) is 0.692. The van der Waals surface area contributed by atoms with Gasteiger partial charge in [0.1, 0.15) is 11.5 Å². The van der Waals surface area contributed by atoms with Crippen LogP contribution in [0.1, 0.15) is 33.6 Å². The quantitative estimate of drug-likeness (QED) is 0.709. The molecule has 0 aromatic carbocycles. The Labute approximate surface area is 117 Å². The maximum atomic E-state index is 12.3. The van der Waals surface area contributed by atoms with E-state index in [2.05, 4.69) is 10.6 Å². The molecule has 1 saturated heterocycles. The van der Waals surface area contributed by atoms with E-state index in [-0.39, 0.29) is 5.92 Å². The van der Waals surface area contributed by atoms with Crippen LogP contribution < -0.4 is 10.6 Å². The van der Waals surface area contributed by atoms with Crippen molar-refractivity contribution in [1.82, 2.24) is 15.5 Å². The van der Waals surface area contributed by atoms with Gasteiger partial charge in [-0.15, -0.1) is 0 Å². The second kappa shape index (κ2) is 4.88. The molecule has 1 atom stereocenters. The summed E-state index contributed by atoms with van der Waals surface area (Å²) >= 11 is 0. The normalized spacial score (nSPS) is 22.0. The number of hydrogen-bond acceptors (Lipinski definition) is 4. The predicted octanol–water partition coefficient (Wildman–Crippen LogP) is 0.00570. The van der Waals surface area contributed by atoms with E-state index in [1.807, 2.05) is 13.8 Å². The third kappa shape index (κ3) is 2.28. The standard InChI is InChI=1S/C13H19N3O4/c1-7(2)6-14-9(17)8(3)16-11(19)13(4-5-13)10(18)15-12(16)20/h7-8H,4-6H2,1-3H3,(H,14,17)(H,15,18,20). The van der Waals surface area contributed by atoms with E-state index >= 15 is 0 Å². The lowest BCUT2D eigenvalue weighted by Gasteiger charge is -2.33. The topological polar surface area (TPSA) is 95.6 Å². The van der Waals surface area contributed by atoms with Gasteiger partial charge in [0.25, 0.3) is 0 Å². The zero-order valence-corrected chi connectivity index (χ0v) is 11.9. The van der Waals surface area contributed by atoms with Crippen LogP contribution in [0.4, 0.5) is 4.79 Å². The number of nitrogens with one attached hydrogen (secondary N) is 2. The number of rotatable bonds is 4. The molecule has 1 unspecified atom stereocenters. The molecule has 1 aliphatic heterocycles. The van der Waals surface area contributed by atoms with Gasteiger partial charge < -0.3 is 5.32 Å². The highest BCUT2D eigenvalue weighted by Gasteiger charge is 2.63. The molecule has 2 N–H and O–H groups in total. The lowest BCUT2D eigenvalue weighted by Crippen LogP contribution is -2.63. The molecular formula is C13H19N3O4. The molecule has 7 nitrogen and oxygen atoms in total. The Morgan fingerprint density at radius 1 is 1.30 bits per heavy atom. The fourth-order valence-electron chi connectivity index (χ4n) is 2.18. The molecule has 1 spiro atoms. The summed E-state index contributed by atoms with van der Waals surface area (Å²) in [7, 11) is 0. The molecule has 0 aromatic rings. The van der Waals surface area contributed by atoms with Gasteiger partial charge in [-0.3, -0.25) is 24.6 Å². The molecule has 110 valence electrons. The van der Waals surface area contributed by atoms with Crippen molar-refractivity contribution in [3.63, 3.8) is 0 Å². The van der Waals surface area contributed by atoms with Crippen molar-refractivity contribution in [1.29, 1.82) is 0 Å². The molecule has 1 aliphatic carbocycles. The van der Waals surface area contributed by atoms with E-state index in [1.165, 1.54) is 6.92 Å². The van der Waals surface area contributed by atoms with Crippen molar-refractivity contribution >= 4 is 23.8 Å². The predicted molar refractivity (Wildman–Crippen MR) is 69.4 cm³/mol. The number of amides is 5. The summed E-state index contributed by atoms with van der Waals surface area (Å²) in [4.78, 5) is 48.6. The Morgan fingerprint density at radius 3 is 2.40 bits per heavy atom. The van der Waals surface area contributed by atoms with Crippen LogP contribution in [-0.2, 0) is 14.4 Å². The molecule has 1 heterocycles. The number of hydrogen-bond donors (Lipinski definition) is 2. The summed E-state index contributed by atoms with van der Waals surface area (Å²) in [5.74, 6) is -1.22. The van der Waals surface area contributed by atoms with E-state index in [4.69, 9.17) is 0 Å². The van der Waals surface area contributed by atoms with Crippen LogP contribution >= 0.6 is 0 Å². The van der Waals surface area contributed by atoms with E-state index in [0.717, 1.165) is 4.90 Å². The fourth-order valence-corrected chi connectivity index (χ4v) is 2.18. The Morgan fingerprint density at radius 2 is 1.90 bits per heavy atom. The van der Waals surface area contributed by atoms with Crippen molar-refractivity contribution in [2.75, 3.05) is 6.54 Å². The summed E-state index contributed by atoms with van der Waals surface area (Å²) < 4.78 is 0. The van der Waals surface area contributed by atoms with Gasteiger partial charge in [-0.1, -0.05) is 13.8 Å². The summed E-state index contributed by atoms with van der Waals surface area (Å²) in [5, 5.41) is 4.84. The van der Waals surface area contributed by atoms with Crippen LogP contribution in [0.2, 0.25) is 0 Å². The SMILES string of the molecule is CC(C)CNC(=O)C(C)N1C(=O)NC(=O)C2(CC2)C1=O. The Bertz CT molecular complexity index is 482. The minimum absolute atomic E-state index is 0.272. The van der Waals surface area contributed by atoms with Gasteiger partial charge in [-0.2, -0.15) is 0 Å². The van der Waals surface area contributed by atoms with Gasteiger partial charge in [0, 0.05) is 6.54 Å². The second-order valence-electron chi connectivity index (χ2n) is 5.83. The van der Waals surface area contributed by atoms with Crippen molar-refractivity contribution in [3.8, 4) is 0 Å². The average Bonchev–Trinajstić information content (AvgIpc) is 3.15. The maximum absolute atomic E-state index is 12.3. The Kier molecular flexibility index (Phi) is 3.54. The minimum Gasteiger partial charge on any atom is -0.354 e. The number of carbonyl (C=O) groups is 4. The van der Waals surface area contributed by atoms with Gasteiger partial charge in [-0.05, 0) is 25.7 Å². The first-order valence-electron chi connectivity index (χ1n) is 6.76. The lowest BCUT2D eigenvalue weighted by molar-refractivity contribution is -0.148. The van der Waals surface area contributed by atoms with Gasteiger partial charge in [-0.25, -0.2) is 4.79 Å². The maximum Gasteiger partial charge on any atom is 0.331 e. The van der Waals surface area contributed by atoms with Gasteiger partial charge >= 0.3 is 6.03 Å². The highest BCUT2D eigenvalue weighted by molar-refractivity contribution is 6.21. The third-order valence-corrected chi connectivity index (χ3v) is 3.70. The molecule has 2 rings (SSSR count). The first kappa shape index (κ1) is 14.5. The molecule has 20 heavy (non-hydrogen) atoms. The van der Waals surface area contributed by atoms with Crippen LogP contribution in [0.3, 0.4) is 0 Å². The average molecular weight is 281 g/mol. The first-order chi connectivity index (χ1) is 9.29. The van der Waals surface area contributed by atoms with Crippen LogP contribution in [0, 0.1) is 11.3 Å². The van der Waals surface area contributed by atoms with Crippen LogP contribution in [0.15, 0.2) is 0 Å². The number of barbiturate groups is 1. The highest BCUT2D eigenvalue weighted by atomic mass is 16.2. The van der Waals surface area contributed by atoms with Crippen LogP contribution in [0.25, 0.3) is 0 Å². The highest BCUT2D eigenvalue weighted by Crippen LogP contribution is 2.49. The van der Waals surface area contributed by atoms with Crippen LogP contribution in [0.5, 0.6) is 0 Å². The van der Waals surface area contributed by atoms with Crippen molar-refractivity contribution in [3.05, 3.63) is 0 Å². The molecular weight excluding hydrogens is 262 g/mol. The molecule has 0 aromatic heterocycles. The van der Waals surface area contributed by atoms with Crippen LogP contribution in [-0.4, -0.2) is 41.2 Å². The number of nitrogens with zero attached hydrogens (tertiary/aromatic N) is 1. The molecule has 0 radical (unpaired) electrons. The molecule has 1 saturated carbocycles. The molecule has 7 heteroatoms. The Hall–Kier alpha value is -1.92. The van der Waals surface area contributed by atoms with E-state index in [0.29, 0.717) is 19.4 Å². The molecule has 2 aliphatic rings. The monoisotopic (exact) mass is 281 g/mol. The third-order valence-electron chi connectivity index (χ3n) is 3.70. The number of imide groups is 2. The molecule has 5 amide bonds. The van der Waals surface area contributed by atoms with Crippen molar-refractivity contribution in [2.24, 2.45) is 11.3 Å². The first-order valence-corrected chi connectivity index (χ1v) is 6.76. The summed E-state index contributed by atoms with van der Waals surface area (Å²) in [5.41, 5.74) is -1.11. The van der Waals surface area contributed by atoms with E-state index in [1.54, 1.807) is 0 Å². The summed E-state index contributed by atoms with van der Waals surface area (Å²) in [6.45, 7) is 5.85. The zero-order chi connectivity index (χ0) is 15.1. The lowest BCUT2D eigenvalue weighted by atomic mass is 10.0. The van der Waals surface area contributed by atoms with Gasteiger partial charge in [0.05, 0.1) is 0 Å². The summed E-state index contributed by atoms with van der Waals surface area (Å²) in [6, 6.07) is -1.74. The minimum atomic E-state index is -1.11. The van der Waals surface area contributed by atoms with Crippen molar-refractivity contribution in [2.45, 2.75) is 39.7 Å². The molecule has 0 bridgehead atoms. The number of carbonyl (C=O) groups excluding carboxylic acids is 4. The zero-order valence-electron chi connectivity index (χ0n) is 11.9. The largest absolute Gasteiger partial charge is 0.354 e.